The zero-order chi connectivity index (χ0) is 26.2. The van der Waals surface area contributed by atoms with Crippen LogP contribution in [0, 0.1) is 0 Å². The van der Waals surface area contributed by atoms with E-state index >= 15 is 0 Å². The van der Waals surface area contributed by atoms with Crippen molar-refractivity contribution in [1.29, 1.82) is 0 Å². The van der Waals surface area contributed by atoms with E-state index in [1.165, 1.54) is 5.56 Å². The predicted octanol–water partition coefficient (Wildman–Crippen LogP) is 5.28. The molecule has 1 aliphatic heterocycles. The molecule has 1 aliphatic carbocycles. The van der Waals surface area contributed by atoms with Crippen molar-refractivity contribution in [1.82, 2.24) is 24.3 Å². The zero-order valence-electron chi connectivity index (χ0n) is 21.9. The summed E-state index contributed by atoms with van der Waals surface area (Å²) in [5.41, 5.74) is 3.82. The van der Waals surface area contributed by atoms with Crippen molar-refractivity contribution in [2.24, 2.45) is 0 Å². The number of carbonyl (C=O) groups excluding carboxylic acids is 1. The second kappa shape index (κ2) is 10.6. The number of amides is 1. The van der Waals surface area contributed by atoms with Crippen LogP contribution >= 0.6 is 11.6 Å². The fourth-order valence-electron chi connectivity index (χ4n) is 5.32. The van der Waals surface area contributed by atoms with Crippen LogP contribution in [0.15, 0.2) is 36.7 Å². The summed E-state index contributed by atoms with van der Waals surface area (Å²) in [5.74, 6) is 0. The van der Waals surface area contributed by atoms with Gasteiger partial charge in [0.2, 0.25) is 5.28 Å². The Hall–Kier alpha value is -2.68. The zero-order valence-corrected chi connectivity index (χ0v) is 22.6. The van der Waals surface area contributed by atoms with Crippen LogP contribution in [0.25, 0.3) is 22.2 Å². The third kappa shape index (κ3) is 6.08. The minimum Gasteiger partial charge on any atom is -0.444 e. The van der Waals surface area contributed by atoms with Crippen LogP contribution in [0.1, 0.15) is 58.1 Å². The van der Waals surface area contributed by atoms with Crippen LogP contribution in [-0.2, 0) is 11.3 Å². The molecular weight excluding hydrogens is 490 g/mol. The third-order valence-electron chi connectivity index (χ3n) is 7.30. The van der Waals surface area contributed by atoms with Crippen molar-refractivity contribution in [2.45, 2.75) is 70.7 Å². The second-order valence-electron chi connectivity index (χ2n) is 11.2. The Morgan fingerprint density at radius 2 is 1.76 bits per heavy atom. The molecule has 3 heterocycles. The Balaban J connectivity index is 1.27. The number of aliphatic hydroxyl groups is 1. The predicted molar refractivity (Wildman–Crippen MR) is 145 cm³/mol. The van der Waals surface area contributed by atoms with E-state index in [-0.39, 0.29) is 17.5 Å². The molecule has 2 fully saturated rings. The third-order valence-corrected chi connectivity index (χ3v) is 7.48. The fraction of sp³-hybridized carbons (Fsp3) is 0.536. The molecule has 1 amide bonds. The van der Waals surface area contributed by atoms with Crippen LogP contribution < -0.4 is 0 Å². The minimum atomic E-state index is -0.473. The molecule has 1 N–H and O–H groups in total. The Bertz CT molecular complexity index is 1240. The number of halogens is 1. The van der Waals surface area contributed by atoms with E-state index < -0.39 is 5.60 Å². The number of carbonyl (C=O) groups is 1. The van der Waals surface area contributed by atoms with Gasteiger partial charge in [-0.15, -0.1) is 0 Å². The molecule has 0 atom stereocenters. The average molecular weight is 526 g/mol. The van der Waals surface area contributed by atoms with Crippen LogP contribution in [0.4, 0.5) is 4.79 Å². The van der Waals surface area contributed by atoms with Gasteiger partial charge >= 0.3 is 6.09 Å². The Morgan fingerprint density at radius 3 is 2.41 bits per heavy atom. The first-order valence-electron chi connectivity index (χ1n) is 13.2. The number of ether oxygens (including phenoxy) is 1. The lowest BCUT2D eigenvalue weighted by atomic mass is 9.93. The van der Waals surface area contributed by atoms with Crippen molar-refractivity contribution in [3.63, 3.8) is 0 Å². The van der Waals surface area contributed by atoms with Crippen molar-refractivity contribution >= 4 is 28.7 Å². The van der Waals surface area contributed by atoms with E-state index in [9.17, 15) is 9.90 Å². The Labute approximate surface area is 223 Å². The number of aliphatic hydroxyl groups excluding tert-OH is 1. The van der Waals surface area contributed by atoms with E-state index in [4.69, 9.17) is 16.3 Å². The van der Waals surface area contributed by atoms with Crippen LogP contribution in [-0.4, -0.2) is 73.4 Å². The summed E-state index contributed by atoms with van der Waals surface area (Å²) in [6, 6.07) is 8.96. The lowest BCUT2D eigenvalue weighted by Crippen LogP contribution is -2.49. The fourth-order valence-corrected chi connectivity index (χ4v) is 5.45. The maximum atomic E-state index is 12.3. The van der Waals surface area contributed by atoms with E-state index in [1.54, 1.807) is 4.90 Å². The van der Waals surface area contributed by atoms with Gasteiger partial charge < -0.3 is 19.3 Å². The molecule has 1 aromatic carbocycles. The number of aromatic nitrogens is 3. The average Bonchev–Trinajstić information content (AvgIpc) is 3.23. The first kappa shape index (κ1) is 25.9. The molecule has 0 spiro atoms. The number of benzene rings is 1. The van der Waals surface area contributed by atoms with Crippen molar-refractivity contribution in [3.8, 4) is 11.1 Å². The van der Waals surface area contributed by atoms with Gasteiger partial charge in [0, 0.05) is 62.1 Å². The molecule has 8 nitrogen and oxygen atoms in total. The van der Waals surface area contributed by atoms with Crippen LogP contribution in [0.5, 0.6) is 0 Å². The molecule has 198 valence electrons. The van der Waals surface area contributed by atoms with E-state index in [0.29, 0.717) is 19.1 Å². The summed E-state index contributed by atoms with van der Waals surface area (Å²) >= 11 is 6.17. The molecule has 0 radical (unpaired) electrons. The molecule has 1 saturated heterocycles. The van der Waals surface area contributed by atoms with Crippen molar-refractivity contribution in [3.05, 3.63) is 47.5 Å². The summed E-state index contributed by atoms with van der Waals surface area (Å²) in [6.45, 7) is 9.52. The Morgan fingerprint density at radius 1 is 1.08 bits per heavy atom. The highest BCUT2D eigenvalue weighted by Crippen LogP contribution is 2.36. The number of fused-ring (bicyclic) bond motifs is 1. The van der Waals surface area contributed by atoms with Gasteiger partial charge in [-0.3, -0.25) is 4.90 Å². The van der Waals surface area contributed by atoms with E-state index in [1.807, 2.05) is 27.0 Å². The van der Waals surface area contributed by atoms with Gasteiger partial charge in [0.1, 0.15) is 11.2 Å². The van der Waals surface area contributed by atoms with Crippen LogP contribution in [0.3, 0.4) is 0 Å². The highest BCUT2D eigenvalue weighted by atomic mass is 35.5. The summed E-state index contributed by atoms with van der Waals surface area (Å²) in [5, 5.41) is 11.2. The molecule has 2 aromatic heterocycles. The number of hydrogen-bond acceptors (Lipinski definition) is 6. The Kier molecular flexibility index (Phi) is 7.43. The van der Waals surface area contributed by atoms with Gasteiger partial charge in [-0.05, 0) is 69.2 Å². The molecule has 0 unspecified atom stereocenters. The lowest BCUT2D eigenvalue weighted by Gasteiger charge is -2.35. The van der Waals surface area contributed by atoms with Gasteiger partial charge in [-0.2, -0.15) is 4.98 Å². The molecule has 9 heteroatoms. The number of hydrogen-bond donors (Lipinski definition) is 1. The molecule has 5 rings (SSSR count). The molecule has 2 aliphatic rings. The first-order chi connectivity index (χ1) is 17.7. The summed E-state index contributed by atoms with van der Waals surface area (Å²) in [6.07, 6.45) is 7.00. The lowest BCUT2D eigenvalue weighted by molar-refractivity contribution is 0.0139. The standard InChI is InChI=1S/C28H36ClN5O3/c1-28(2,3)37-27(36)33-14-12-32(13-15-33)17-19-4-6-20(7-5-19)24-18-34(21-8-10-22(35)11-9-21)25-23(24)16-30-26(29)31-25/h4-7,16,18,21-22,35H,8-15,17H2,1-3H3/t21-,22-. The summed E-state index contributed by atoms with van der Waals surface area (Å²) in [7, 11) is 0. The topological polar surface area (TPSA) is 83.7 Å². The minimum absolute atomic E-state index is 0.205. The maximum Gasteiger partial charge on any atom is 0.410 e. The van der Waals surface area contributed by atoms with Crippen molar-refractivity contribution in [2.75, 3.05) is 26.2 Å². The number of nitrogens with zero attached hydrogens (tertiary/aromatic N) is 5. The van der Waals surface area contributed by atoms with Gasteiger partial charge in [-0.1, -0.05) is 24.3 Å². The van der Waals surface area contributed by atoms with Gasteiger partial charge in [0.05, 0.1) is 6.10 Å². The monoisotopic (exact) mass is 525 g/mol. The molecule has 3 aromatic rings. The van der Waals surface area contributed by atoms with Crippen molar-refractivity contribution < 1.29 is 14.6 Å². The maximum absolute atomic E-state index is 12.3. The molecule has 37 heavy (non-hydrogen) atoms. The second-order valence-corrected chi connectivity index (χ2v) is 11.6. The highest BCUT2D eigenvalue weighted by molar-refractivity contribution is 6.28. The number of piperazine rings is 1. The van der Waals surface area contributed by atoms with E-state index in [2.05, 4.69) is 49.9 Å². The SMILES string of the molecule is CC(C)(C)OC(=O)N1CCN(Cc2ccc(-c3cn([C@H]4CC[C@H](O)CC4)c4nc(Cl)ncc34)cc2)CC1. The first-order valence-corrected chi connectivity index (χ1v) is 13.5. The van der Waals surface area contributed by atoms with E-state index in [0.717, 1.165) is 67.5 Å². The molecule has 0 bridgehead atoms. The molecule has 1 saturated carbocycles. The summed E-state index contributed by atoms with van der Waals surface area (Å²) in [4.78, 5) is 25.3. The van der Waals surface area contributed by atoms with Crippen LogP contribution in [0.2, 0.25) is 5.28 Å². The van der Waals surface area contributed by atoms with Gasteiger partial charge in [0.15, 0.2) is 0 Å². The van der Waals surface area contributed by atoms with Gasteiger partial charge in [0.25, 0.3) is 0 Å². The molecular formula is C28H36ClN5O3. The summed E-state index contributed by atoms with van der Waals surface area (Å²) < 4.78 is 7.73. The normalized spacial score (nSPS) is 21.4. The van der Waals surface area contributed by atoms with Gasteiger partial charge in [-0.25, -0.2) is 9.78 Å². The smallest absolute Gasteiger partial charge is 0.410 e. The number of rotatable bonds is 4. The highest BCUT2D eigenvalue weighted by Gasteiger charge is 2.26. The quantitative estimate of drug-likeness (QED) is 0.466. The largest absolute Gasteiger partial charge is 0.444 e.